The zero-order chi connectivity index (χ0) is 24.1. The molecule has 2 saturated heterocycles. The van der Waals surface area contributed by atoms with Crippen LogP contribution in [0.25, 0.3) is 39.5 Å². The normalized spacial score (nSPS) is 19.3. The van der Waals surface area contributed by atoms with E-state index in [2.05, 4.69) is 56.2 Å². The molecular weight excluding hydrogens is 446 g/mol. The number of aromatic nitrogens is 4. The van der Waals surface area contributed by atoms with Gasteiger partial charge in [0.25, 0.3) is 0 Å². The molecule has 7 heteroatoms. The van der Waals surface area contributed by atoms with Crippen LogP contribution in [-0.2, 0) is 6.54 Å². The Morgan fingerprint density at radius 1 is 0.917 bits per heavy atom. The number of fused-ring (bicyclic) bond motifs is 3. The SMILES string of the molecule is Nc1ncccc1-c1nc2ccc(-c3ccccc3)nc2n1-c1ccc(CN2C[C@@H]3C[C@H]2CN3)cc1. The van der Waals surface area contributed by atoms with Gasteiger partial charge in [-0.15, -0.1) is 0 Å². The fraction of sp³-hybridized carbons (Fsp3) is 0.207. The van der Waals surface area contributed by atoms with E-state index >= 15 is 0 Å². The van der Waals surface area contributed by atoms with Crippen LogP contribution in [-0.4, -0.2) is 49.6 Å². The van der Waals surface area contributed by atoms with Crippen molar-refractivity contribution in [3.8, 4) is 28.3 Å². The number of nitrogens with zero attached hydrogens (tertiary/aromatic N) is 5. The molecule has 5 heterocycles. The van der Waals surface area contributed by atoms with E-state index in [0.717, 1.165) is 59.1 Å². The van der Waals surface area contributed by atoms with E-state index in [-0.39, 0.29) is 0 Å². The molecule has 2 aliphatic heterocycles. The van der Waals surface area contributed by atoms with Crippen molar-refractivity contribution in [2.24, 2.45) is 0 Å². The topological polar surface area (TPSA) is 84.9 Å². The van der Waals surface area contributed by atoms with Crippen LogP contribution in [0.4, 0.5) is 5.82 Å². The lowest BCUT2D eigenvalue weighted by atomic mass is 10.1. The number of piperazine rings is 1. The van der Waals surface area contributed by atoms with Crippen LogP contribution in [0, 0.1) is 0 Å². The number of imidazole rings is 1. The first-order valence-corrected chi connectivity index (χ1v) is 12.5. The summed E-state index contributed by atoms with van der Waals surface area (Å²) in [5, 5.41) is 3.58. The molecule has 0 unspecified atom stereocenters. The molecule has 0 aliphatic carbocycles. The lowest BCUT2D eigenvalue weighted by molar-refractivity contribution is 0.218. The van der Waals surface area contributed by atoms with Crippen LogP contribution < -0.4 is 11.1 Å². The molecule has 3 N–H and O–H groups in total. The molecule has 7 rings (SSSR count). The van der Waals surface area contributed by atoms with E-state index in [4.69, 9.17) is 15.7 Å². The predicted molar refractivity (Wildman–Crippen MR) is 143 cm³/mol. The third-order valence-electron chi connectivity index (χ3n) is 7.40. The zero-order valence-electron chi connectivity index (χ0n) is 19.9. The van der Waals surface area contributed by atoms with Crippen molar-refractivity contribution in [1.29, 1.82) is 0 Å². The van der Waals surface area contributed by atoms with Crippen molar-refractivity contribution in [3.05, 3.63) is 90.6 Å². The molecule has 2 bridgehead atoms. The molecule has 178 valence electrons. The van der Waals surface area contributed by atoms with E-state index in [1.165, 1.54) is 12.0 Å². The summed E-state index contributed by atoms with van der Waals surface area (Å²) in [6.07, 6.45) is 2.97. The number of likely N-dealkylation sites (tertiary alicyclic amines) is 1. The van der Waals surface area contributed by atoms with Crippen LogP contribution in [0.15, 0.2) is 85.1 Å². The minimum atomic E-state index is 0.451. The van der Waals surface area contributed by atoms with Crippen molar-refractivity contribution in [2.45, 2.75) is 25.0 Å². The number of hydrogen-bond donors (Lipinski definition) is 2. The number of benzene rings is 2. The molecular formula is C29H27N7. The first-order valence-electron chi connectivity index (χ1n) is 12.5. The maximum absolute atomic E-state index is 6.29. The molecule has 5 aromatic rings. The molecule has 2 atom stereocenters. The van der Waals surface area contributed by atoms with Gasteiger partial charge >= 0.3 is 0 Å². The van der Waals surface area contributed by atoms with Crippen molar-refractivity contribution in [2.75, 3.05) is 18.8 Å². The number of rotatable bonds is 5. The minimum absolute atomic E-state index is 0.451. The fourth-order valence-electron chi connectivity index (χ4n) is 5.58. The van der Waals surface area contributed by atoms with Gasteiger partial charge in [0.15, 0.2) is 11.5 Å². The third kappa shape index (κ3) is 3.64. The van der Waals surface area contributed by atoms with Gasteiger partial charge in [-0.05, 0) is 48.4 Å². The monoisotopic (exact) mass is 473 g/mol. The van der Waals surface area contributed by atoms with Gasteiger partial charge in [-0.2, -0.15) is 0 Å². The highest BCUT2D eigenvalue weighted by Gasteiger charge is 2.37. The lowest BCUT2D eigenvalue weighted by Gasteiger charge is -2.27. The second kappa shape index (κ2) is 8.55. The smallest absolute Gasteiger partial charge is 0.165 e. The molecule has 36 heavy (non-hydrogen) atoms. The van der Waals surface area contributed by atoms with Crippen LogP contribution in [0.5, 0.6) is 0 Å². The Bertz CT molecular complexity index is 1540. The Morgan fingerprint density at radius 3 is 2.53 bits per heavy atom. The summed E-state index contributed by atoms with van der Waals surface area (Å²) in [5.41, 5.74) is 13.0. The third-order valence-corrected chi connectivity index (χ3v) is 7.40. The summed E-state index contributed by atoms with van der Waals surface area (Å²) in [4.78, 5) is 16.9. The Balaban J connectivity index is 1.33. The van der Waals surface area contributed by atoms with E-state index in [9.17, 15) is 0 Å². The Labute approximate surface area is 209 Å². The number of pyridine rings is 2. The summed E-state index contributed by atoms with van der Waals surface area (Å²) in [7, 11) is 0. The van der Waals surface area contributed by atoms with Crippen molar-refractivity contribution < 1.29 is 0 Å². The summed E-state index contributed by atoms with van der Waals surface area (Å²) in [6.45, 7) is 3.22. The van der Waals surface area contributed by atoms with Crippen LogP contribution >= 0.6 is 0 Å². The van der Waals surface area contributed by atoms with Gasteiger partial charge in [0.05, 0.1) is 11.3 Å². The number of nitrogen functional groups attached to an aromatic ring is 1. The quantitative estimate of drug-likeness (QED) is 0.396. The van der Waals surface area contributed by atoms with Gasteiger partial charge in [0, 0.05) is 49.2 Å². The minimum Gasteiger partial charge on any atom is -0.383 e. The predicted octanol–water partition coefficient (Wildman–Crippen LogP) is 4.28. The molecule has 2 fully saturated rings. The highest BCUT2D eigenvalue weighted by molar-refractivity contribution is 5.84. The molecule has 0 spiro atoms. The summed E-state index contributed by atoms with van der Waals surface area (Å²) < 4.78 is 2.10. The number of hydrogen-bond acceptors (Lipinski definition) is 6. The maximum Gasteiger partial charge on any atom is 0.165 e. The number of nitrogens with one attached hydrogen (secondary N) is 1. The molecule has 7 nitrogen and oxygen atoms in total. The standard InChI is InChI=1S/C29H27N7/c30-27-24(7-4-14-31-27)28-34-26-13-12-25(20-5-2-1-3-6-20)33-29(26)36(28)22-10-8-19(9-11-22)17-35-18-21-15-23(35)16-32-21/h1-14,21,23,32H,15-18H2,(H2,30,31)/t21-,23-/m0/s1. The average molecular weight is 474 g/mol. The van der Waals surface area contributed by atoms with Crippen molar-refractivity contribution >= 4 is 17.0 Å². The number of anilines is 1. The highest BCUT2D eigenvalue weighted by atomic mass is 15.3. The second-order valence-corrected chi connectivity index (χ2v) is 9.70. The van der Waals surface area contributed by atoms with Crippen molar-refractivity contribution in [1.82, 2.24) is 29.7 Å². The second-order valence-electron chi connectivity index (χ2n) is 9.70. The first kappa shape index (κ1) is 21.2. The molecule has 2 aromatic carbocycles. The fourth-order valence-corrected chi connectivity index (χ4v) is 5.58. The summed E-state index contributed by atoms with van der Waals surface area (Å²) in [5.74, 6) is 1.19. The first-order chi connectivity index (χ1) is 17.7. The average Bonchev–Trinajstić information content (AvgIpc) is 3.64. The molecule has 0 saturated carbocycles. The van der Waals surface area contributed by atoms with Crippen LogP contribution in [0.1, 0.15) is 12.0 Å². The van der Waals surface area contributed by atoms with Crippen LogP contribution in [0.2, 0.25) is 0 Å². The van der Waals surface area contributed by atoms with Crippen LogP contribution in [0.3, 0.4) is 0 Å². The van der Waals surface area contributed by atoms with E-state index in [0.29, 0.717) is 17.9 Å². The van der Waals surface area contributed by atoms with Gasteiger partial charge < -0.3 is 11.1 Å². The highest BCUT2D eigenvalue weighted by Crippen LogP contribution is 2.32. The maximum atomic E-state index is 6.29. The number of nitrogens with two attached hydrogens (primary N) is 1. The molecule has 2 aliphatic rings. The Hall–Kier alpha value is -4.07. The van der Waals surface area contributed by atoms with Gasteiger partial charge in [0.1, 0.15) is 11.3 Å². The summed E-state index contributed by atoms with van der Waals surface area (Å²) in [6, 6.07) is 28.2. The largest absolute Gasteiger partial charge is 0.383 e. The van der Waals surface area contributed by atoms with Gasteiger partial charge in [0.2, 0.25) is 0 Å². The van der Waals surface area contributed by atoms with E-state index in [1.807, 2.05) is 42.5 Å². The summed E-state index contributed by atoms with van der Waals surface area (Å²) >= 11 is 0. The van der Waals surface area contributed by atoms with E-state index < -0.39 is 0 Å². The molecule has 0 radical (unpaired) electrons. The molecule has 3 aromatic heterocycles. The Morgan fingerprint density at radius 2 is 1.78 bits per heavy atom. The Kier molecular flexibility index (Phi) is 5.04. The zero-order valence-corrected chi connectivity index (χ0v) is 19.9. The lowest BCUT2D eigenvalue weighted by Crippen LogP contribution is -2.42. The van der Waals surface area contributed by atoms with Gasteiger partial charge in [-0.3, -0.25) is 9.47 Å². The molecule has 0 amide bonds. The van der Waals surface area contributed by atoms with Gasteiger partial charge in [-0.25, -0.2) is 15.0 Å². The van der Waals surface area contributed by atoms with Crippen molar-refractivity contribution in [3.63, 3.8) is 0 Å². The van der Waals surface area contributed by atoms with Gasteiger partial charge in [-0.1, -0.05) is 42.5 Å². The van der Waals surface area contributed by atoms with E-state index in [1.54, 1.807) is 6.20 Å².